The summed E-state index contributed by atoms with van der Waals surface area (Å²) in [5.41, 5.74) is 4.47. The predicted molar refractivity (Wildman–Crippen MR) is 59.3 cm³/mol. The molecule has 78 valence electrons. The quantitative estimate of drug-likeness (QED) is 0.815. The maximum absolute atomic E-state index is 14.1. The first-order chi connectivity index (χ1) is 7.15. The van der Waals surface area contributed by atoms with Crippen molar-refractivity contribution in [1.82, 2.24) is 4.98 Å². The molecule has 0 radical (unpaired) electrons. The maximum atomic E-state index is 14.1. The van der Waals surface area contributed by atoms with Crippen molar-refractivity contribution in [3.8, 4) is 0 Å². The summed E-state index contributed by atoms with van der Waals surface area (Å²) in [6.07, 6.45) is 3.28. The van der Waals surface area contributed by atoms with Crippen molar-refractivity contribution in [3.63, 3.8) is 0 Å². The molecule has 15 heavy (non-hydrogen) atoms. The van der Waals surface area contributed by atoms with Gasteiger partial charge >= 0.3 is 0 Å². The second-order valence-electron chi connectivity index (χ2n) is 3.81. The molecular formula is C12H13FN2. The number of hydrogen-bond acceptors (Lipinski definition) is 2. The van der Waals surface area contributed by atoms with Gasteiger partial charge < -0.3 is 5.73 Å². The van der Waals surface area contributed by atoms with Gasteiger partial charge in [0.2, 0.25) is 0 Å². The van der Waals surface area contributed by atoms with Crippen LogP contribution in [0.2, 0.25) is 0 Å². The molecule has 0 saturated carbocycles. The number of hydrogen-bond donors (Lipinski definition) is 1. The van der Waals surface area contributed by atoms with E-state index < -0.39 is 5.67 Å². The number of aromatic nitrogens is 1. The van der Waals surface area contributed by atoms with Gasteiger partial charge in [-0.3, -0.25) is 4.98 Å². The van der Waals surface area contributed by atoms with Crippen LogP contribution in [0.5, 0.6) is 0 Å². The fourth-order valence-electron chi connectivity index (χ4n) is 1.64. The third-order valence-electron chi connectivity index (χ3n) is 2.61. The van der Waals surface area contributed by atoms with Gasteiger partial charge in [0, 0.05) is 29.9 Å². The molecule has 3 heteroatoms. The van der Waals surface area contributed by atoms with Crippen LogP contribution in [0.1, 0.15) is 12.5 Å². The molecule has 0 spiro atoms. The van der Waals surface area contributed by atoms with Crippen molar-refractivity contribution in [3.05, 3.63) is 42.2 Å². The molecule has 0 amide bonds. The third-order valence-corrected chi connectivity index (χ3v) is 2.61. The van der Waals surface area contributed by atoms with Gasteiger partial charge in [-0.1, -0.05) is 24.3 Å². The summed E-state index contributed by atoms with van der Waals surface area (Å²) < 4.78 is 14.1. The van der Waals surface area contributed by atoms with E-state index in [1.807, 2.05) is 24.3 Å². The SMILES string of the molecule is CC(F)(CN)c1cncc2ccccc12. The summed E-state index contributed by atoms with van der Waals surface area (Å²) in [7, 11) is 0. The first-order valence-corrected chi connectivity index (χ1v) is 4.87. The normalized spacial score (nSPS) is 15.1. The van der Waals surface area contributed by atoms with Crippen LogP contribution in [0.3, 0.4) is 0 Å². The summed E-state index contributed by atoms with van der Waals surface area (Å²) >= 11 is 0. The van der Waals surface area contributed by atoms with Crippen molar-refractivity contribution in [1.29, 1.82) is 0 Å². The molecule has 0 fully saturated rings. The molecule has 1 aromatic heterocycles. The Morgan fingerprint density at radius 1 is 1.33 bits per heavy atom. The summed E-state index contributed by atoms with van der Waals surface area (Å²) in [6.45, 7) is 1.44. The molecular weight excluding hydrogens is 191 g/mol. The van der Waals surface area contributed by atoms with Crippen molar-refractivity contribution >= 4 is 10.8 Å². The molecule has 1 unspecified atom stereocenters. The Bertz CT molecular complexity index is 475. The number of nitrogens with zero attached hydrogens (tertiary/aromatic N) is 1. The van der Waals surface area contributed by atoms with E-state index in [-0.39, 0.29) is 6.54 Å². The van der Waals surface area contributed by atoms with Gasteiger partial charge in [-0.25, -0.2) is 4.39 Å². The van der Waals surface area contributed by atoms with E-state index in [1.54, 1.807) is 12.4 Å². The zero-order valence-electron chi connectivity index (χ0n) is 8.57. The smallest absolute Gasteiger partial charge is 0.147 e. The topological polar surface area (TPSA) is 38.9 Å². The highest BCUT2D eigenvalue weighted by atomic mass is 19.1. The van der Waals surface area contributed by atoms with Crippen molar-refractivity contribution in [2.75, 3.05) is 6.54 Å². The number of rotatable bonds is 2. The molecule has 2 aromatic rings. The molecule has 1 atom stereocenters. The fraction of sp³-hybridized carbons (Fsp3) is 0.250. The van der Waals surface area contributed by atoms with Crippen LogP contribution in [0.25, 0.3) is 10.8 Å². The minimum absolute atomic E-state index is 0.0390. The van der Waals surface area contributed by atoms with Gasteiger partial charge in [0.25, 0.3) is 0 Å². The average molecular weight is 204 g/mol. The van der Waals surface area contributed by atoms with Gasteiger partial charge in [0.15, 0.2) is 0 Å². The Morgan fingerprint density at radius 3 is 2.80 bits per heavy atom. The molecule has 0 saturated heterocycles. The fourth-order valence-corrected chi connectivity index (χ4v) is 1.64. The molecule has 0 aliphatic rings. The Balaban J connectivity index is 2.71. The standard InChI is InChI=1S/C12H13FN2/c1-12(13,8-14)11-7-15-6-9-4-2-3-5-10(9)11/h2-7H,8,14H2,1H3. The van der Waals surface area contributed by atoms with Crippen LogP contribution in [-0.4, -0.2) is 11.5 Å². The van der Waals surface area contributed by atoms with E-state index in [0.29, 0.717) is 5.56 Å². The highest BCUT2D eigenvalue weighted by molar-refractivity contribution is 5.85. The molecule has 2 rings (SSSR count). The Labute approximate surface area is 87.9 Å². The van der Waals surface area contributed by atoms with Crippen molar-refractivity contribution in [2.24, 2.45) is 5.73 Å². The number of fused-ring (bicyclic) bond motifs is 1. The van der Waals surface area contributed by atoms with E-state index >= 15 is 0 Å². The van der Waals surface area contributed by atoms with Crippen LogP contribution in [-0.2, 0) is 5.67 Å². The Morgan fingerprint density at radius 2 is 2.07 bits per heavy atom. The lowest BCUT2D eigenvalue weighted by Crippen LogP contribution is -2.27. The Hall–Kier alpha value is -1.48. The van der Waals surface area contributed by atoms with Gasteiger partial charge in [0.1, 0.15) is 5.67 Å². The van der Waals surface area contributed by atoms with Gasteiger partial charge in [-0.2, -0.15) is 0 Å². The molecule has 2 nitrogen and oxygen atoms in total. The number of halogens is 1. The minimum Gasteiger partial charge on any atom is -0.327 e. The zero-order valence-corrected chi connectivity index (χ0v) is 8.57. The monoisotopic (exact) mass is 204 g/mol. The van der Waals surface area contributed by atoms with Crippen LogP contribution in [0.15, 0.2) is 36.7 Å². The summed E-state index contributed by atoms with van der Waals surface area (Å²) in [6, 6.07) is 7.60. The summed E-state index contributed by atoms with van der Waals surface area (Å²) in [5.74, 6) is 0. The zero-order chi connectivity index (χ0) is 10.9. The maximum Gasteiger partial charge on any atom is 0.147 e. The van der Waals surface area contributed by atoms with Gasteiger partial charge in [-0.05, 0) is 12.3 Å². The molecule has 0 aliphatic carbocycles. The minimum atomic E-state index is -1.52. The second-order valence-corrected chi connectivity index (χ2v) is 3.81. The highest BCUT2D eigenvalue weighted by Gasteiger charge is 2.26. The average Bonchev–Trinajstić information content (AvgIpc) is 2.28. The third kappa shape index (κ3) is 1.70. The van der Waals surface area contributed by atoms with E-state index in [1.165, 1.54) is 6.92 Å². The molecule has 0 aliphatic heterocycles. The number of alkyl halides is 1. The Kier molecular flexibility index (Phi) is 2.40. The van der Waals surface area contributed by atoms with E-state index in [9.17, 15) is 4.39 Å². The van der Waals surface area contributed by atoms with Crippen molar-refractivity contribution < 1.29 is 4.39 Å². The predicted octanol–water partition coefficient (Wildman–Crippen LogP) is 2.38. The van der Waals surface area contributed by atoms with E-state index in [4.69, 9.17) is 5.73 Å². The van der Waals surface area contributed by atoms with Crippen LogP contribution < -0.4 is 5.73 Å². The number of pyridine rings is 1. The summed E-state index contributed by atoms with van der Waals surface area (Å²) in [5, 5.41) is 1.82. The van der Waals surface area contributed by atoms with Crippen LogP contribution in [0, 0.1) is 0 Å². The molecule has 2 N–H and O–H groups in total. The molecule has 0 bridgehead atoms. The van der Waals surface area contributed by atoms with Crippen molar-refractivity contribution in [2.45, 2.75) is 12.6 Å². The largest absolute Gasteiger partial charge is 0.327 e. The van der Waals surface area contributed by atoms with Gasteiger partial charge in [0.05, 0.1) is 0 Å². The number of nitrogens with two attached hydrogens (primary N) is 1. The highest BCUT2D eigenvalue weighted by Crippen LogP contribution is 2.29. The van der Waals surface area contributed by atoms with Crippen LogP contribution >= 0.6 is 0 Å². The molecule has 1 heterocycles. The van der Waals surface area contributed by atoms with E-state index in [0.717, 1.165) is 10.8 Å². The van der Waals surface area contributed by atoms with E-state index in [2.05, 4.69) is 4.98 Å². The number of benzene rings is 1. The first kappa shape index (κ1) is 10.1. The lowest BCUT2D eigenvalue weighted by atomic mass is 9.95. The van der Waals surface area contributed by atoms with Gasteiger partial charge in [-0.15, -0.1) is 0 Å². The second kappa shape index (κ2) is 3.59. The lowest BCUT2D eigenvalue weighted by Gasteiger charge is -2.19. The molecule has 1 aromatic carbocycles. The van der Waals surface area contributed by atoms with Crippen LogP contribution in [0.4, 0.5) is 4.39 Å². The first-order valence-electron chi connectivity index (χ1n) is 4.87. The summed E-state index contributed by atoms with van der Waals surface area (Å²) in [4.78, 5) is 4.03. The lowest BCUT2D eigenvalue weighted by molar-refractivity contribution is 0.205.